The third-order valence-electron chi connectivity index (χ3n) is 2.72. The number of hydrogen-bond acceptors (Lipinski definition) is 5. The molecule has 0 fully saturated rings. The van der Waals surface area contributed by atoms with Crippen LogP contribution in [-0.4, -0.2) is 30.2 Å². The molecule has 1 N–H and O–H groups in total. The first-order chi connectivity index (χ1) is 8.35. The van der Waals surface area contributed by atoms with Gasteiger partial charge in [-0.05, 0) is 13.3 Å². The van der Waals surface area contributed by atoms with Crippen LogP contribution in [0.3, 0.4) is 0 Å². The van der Waals surface area contributed by atoms with E-state index in [1.807, 2.05) is 11.8 Å². The summed E-state index contributed by atoms with van der Waals surface area (Å²) in [6.07, 6.45) is 1.87. The van der Waals surface area contributed by atoms with Gasteiger partial charge >= 0.3 is 0 Å². The molecular weight excluding hydrogens is 234 g/mol. The minimum atomic E-state index is 0.770. The predicted octanol–water partition coefficient (Wildman–Crippen LogP) is 2.23. The van der Waals surface area contributed by atoms with Crippen molar-refractivity contribution < 1.29 is 4.74 Å². The second-order valence-corrected chi connectivity index (χ2v) is 5.02. The van der Waals surface area contributed by atoms with Gasteiger partial charge in [0.2, 0.25) is 0 Å². The van der Waals surface area contributed by atoms with Crippen LogP contribution in [0.15, 0.2) is 0 Å². The highest BCUT2D eigenvalue weighted by atomic mass is 32.2. The van der Waals surface area contributed by atoms with Gasteiger partial charge in [0.25, 0.3) is 0 Å². The number of anilines is 1. The minimum absolute atomic E-state index is 0.770. The Bertz CT molecular complexity index is 384. The number of rotatable bonds is 6. The second-order valence-electron chi connectivity index (χ2n) is 4.03. The summed E-state index contributed by atoms with van der Waals surface area (Å²) >= 11 is 1.91. The van der Waals surface area contributed by atoms with Crippen LogP contribution in [0, 0.1) is 0 Å². The molecule has 0 aromatic carbocycles. The number of methoxy groups -OCH3 is 1. The monoisotopic (exact) mass is 253 g/mol. The third kappa shape index (κ3) is 3.10. The molecule has 5 heteroatoms. The van der Waals surface area contributed by atoms with Crippen LogP contribution in [0.25, 0.3) is 0 Å². The normalized spacial score (nSPS) is 13.8. The maximum absolute atomic E-state index is 5.06. The van der Waals surface area contributed by atoms with Crippen molar-refractivity contribution in [1.29, 1.82) is 0 Å². The summed E-state index contributed by atoms with van der Waals surface area (Å²) < 4.78 is 5.06. The molecule has 0 saturated heterocycles. The van der Waals surface area contributed by atoms with Crippen LogP contribution in [0.5, 0.6) is 0 Å². The standard InChI is InChI=1S/C12H19N3OS/c1-3-13-12-9-7-17-8-10(9)14-11(15-12)5-4-6-16-2/h3-8H2,1-2H3,(H,13,14,15). The van der Waals surface area contributed by atoms with E-state index in [9.17, 15) is 0 Å². The topological polar surface area (TPSA) is 47.0 Å². The number of aromatic nitrogens is 2. The lowest BCUT2D eigenvalue weighted by molar-refractivity contribution is 0.194. The van der Waals surface area contributed by atoms with Crippen molar-refractivity contribution in [3.8, 4) is 0 Å². The first-order valence-electron chi connectivity index (χ1n) is 6.04. The largest absolute Gasteiger partial charge is 0.385 e. The van der Waals surface area contributed by atoms with Gasteiger partial charge in [0, 0.05) is 43.8 Å². The molecule has 1 aliphatic rings. The zero-order valence-corrected chi connectivity index (χ0v) is 11.3. The molecule has 0 unspecified atom stereocenters. The second kappa shape index (κ2) is 6.21. The molecule has 0 radical (unpaired) electrons. The van der Waals surface area contributed by atoms with E-state index in [1.165, 1.54) is 11.3 Å². The lowest BCUT2D eigenvalue weighted by atomic mass is 10.2. The fourth-order valence-corrected chi connectivity index (χ4v) is 2.94. The van der Waals surface area contributed by atoms with Crippen LogP contribution in [0.1, 0.15) is 30.4 Å². The lowest BCUT2D eigenvalue weighted by Crippen LogP contribution is -2.09. The molecule has 2 heterocycles. The molecule has 0 spiro atoms. The van der Waals surface area contributed by atoms with Crippen molar-refractivity contribution >= 4 is 17.6 Å². The van der Waals surface area contributed by atoms with Crippen molar-refractivity contribution in [1.82, 2.24) is 9.97 Å². The minimum Gasteiger partial charge on any atom is -0.385 e. The highest BCUT2D eigenvalue weighted by Gasteiger charge is 2.19. The van der Waals surface area contributed by atoms with Gasteiger partial charge in [0.15, 0.2) is 0 Å². The van der Waals surface area contributed by atoms with Crippen molar-refractivity contribution in [3.05, 3.63) is 17.1 Å². The van der Waals surface area contributed by atoms with E-state index in [0.29, 0.717) is 0 Å². The zero-order valence-electron chi connectivity index (χ0n) is 10.5. The van der Waals surface area contributed by atoms with E-state index in [0.717, 1.165) is 49.1 Å². The summed E-state index contributed by atoms with van der Waals surface area (Å²) in [6, 6.07) is 0. The Morgan fingerprint density at radius 2 is 2.24 bits per heavy atom. The number of nitrogens with one attached hydrogen (secondary N) is 1. The van der Waals surface area contributed by atoms with Crippen molar-refractivity contribution in [2.24, 2.45) is 0 Å². The molecule has 0 bridgehead atoms. The smallest absolute Gasteiger partial charge is 0.134 e. The molecule has 94 valence electrons. The van der Waals surface area contributed by atoms with Gasteiger partial charge in [-0.2, -0.15) is 11.8 Å². The van der Waals surface area contributed by atoms with Crippen LogP contribution in [-0.2, 0) is 22.7 Å². The number of thioether (sulfide) groups is 1. The Balaban J connectivity index is 2.14. The Morgan fingerprint density at radius 3 is 3.00 bits per heavy atom. The quantitative estimate of drug-likeness (QED) is 0.788. The van der Waals surface area contributed by atoms with Gasteiger partial charge < -0.3 is 10.1 Å². The number of aryl methyl sites for hydroxylation is 1. The fourth-order valence-electron chi connectivity index (χ4n) is 1.90. The average Bonchev–Trinajstić information content (AvgIpc) is 2.78. The van der Waals surface area contributed by atoms with E-state index >= 15 is 0 Å². The molecule has 17 heavy (non-hydrogen) atoms. The van der Waals surface area contributed by atoms with Crippen molar-refractivity contribution in [3.63, 3.8) is 0 Å². The Morgan fingerprint density at radius 1 is 1.35 bits per heavy atom. The van der Waals surface area contributed by atoms with Gasteiger partial charge in [0.05, 0.1) is 5.69 Å². The number of hydrogen-bond donors (Lipinski definition) is 1. The van der Waals surface area contributed by atoms with Crippen LogP contribution < -0.4 is 5.32 Å². The van der Waals surface area contributed by atoms with E-state index in [-0.39, 0.29) is 0 Å². The van der Waals surface area contributed by atoms with E-state index in [2.05, 4.69) is 22.2 Å². The molecule has 2 rings (SSSR count). The summed E-state index contributed by atoms with van der Waals surface area (Å²) in [5.74, 6) is 4.04. The SMILES string of the molecule is CCNc1nc(CCCOC)nc2c1CSC2. The lowest BCUT2D eigenvalue weighted by Gasteiger charge is -2.10. The number of nitrogens with zero attached hydrogens (tertiary/aromatic N) is 2. The first kappa shape index (κ1) is 12.6. The van der Waals surface area contributed by atoms with E-state index in [1.54, 1.807) is 7.11 Å². The Labute approximate surface area is 107 Å². The summed E-state index contributed by atoms with van der Waals surface area (Å²) in [7, 11) is 1.73. The van der Waals surface area contributed by atoms with E-state index in [4.69, 9.17) is 4.74 Å². The third-order valence-corrected chi connectivity index (χ3v) is 3.69. The van der Waals surface area contributed by atoms with Gasteiger partial charge in [-0.25, -0.2) is 9.97 Å². The fraction of sp³-hybridized carbons (Fsp3) is 0.667. The van der Waals surface area contributed by atoms with Gasteiger partial charge in [0.1, 0.15) is 11.6 Å². The molecular formula is C12H19N3OS. The first-order valence-corrected chi connectivity index (χ1v) is 7.19. The Hall–Kier alpha value is -0.810. The highest BCUT2D eigenvalue weighted by molar-refractivity contribution is 7.98. The zero-order chi connectivity index (χ0) is 12.1. The van der Waals surface area contributed by atoms with Gasteiger partial charge in [-0.1, -0.05) is 0 Å². The number of ether oxygens (including phenoxy) is 1. The summed E-state index contributed by atoms with van der Waals surface area (Å²) in [6.45, 7) is 3.78. The molecule has 1 aliphatic heterocycles. The Kier molecular flexibility index (Phi) is 4.62. The average molecular weight is 253 g/mol. The van der Waals surface area contributed by atoms with Crippen LogP contribution >= 0.6 is 11.8 Å². The predicted molar refractivity (Wildman–Crippen MR) is 71.4 cm³/mol. The van der Waals surface area contributed by atoms with Gasteiger partial charge in [-0.15, -0.1) is 0 Å². The molecule has 0 aliphatic carbocycles. The summed E-state index contributed by atoms with van der Waals surface area (Å²) in [4.78, 5) is 9.26. The number of fused-ring (bicyclic) bond motifs is 1. The molecule has 1 aromatic rings. The molecule has 1 aromatic heterocycles. The molecule has 0 atom stereocenters. The van der Waals surface area contributed by atoms with Gasteiger partial charge in [-0.3, -0.25) is 0 Å². The summed E-state index contributed by atoms with van der Waals surface area (Å²) in [5.41, 5.74) is 2.51. The summed E-state index contributed by atoms with van der Waals surface area (Å²) in [5, 5.41) is 3.34. The molecule has 4 nitrogen and oxygen atoms in total. The maximum atomic E-state index is 5.06. The molecule has 0 saturated carbocycles. The molecule has 0 amide bonds. The van der Waals surface area contributed by atoms with Crippen LogP contribution in [0.4, 0.5) is 5.82 Å². The maximum Gasteiger partial charge on any atom is 0.134 e. The van der Waals surface area contributed by atoms with Crippen molar-refractivity contribution in [2.75, 3.05) is 25.6 Å². The van der Waals surface area contributed by atoms with Crippen molar-refractivity contribution in [2.45, 2.75) is 31.3 Å². The van der Waals surface area contributed by atoms with E-state index < -0.39 is 0 Å². The highest BCUT2D eigenvalue weighted by Crippen LogP contribution is 2.32. The van der Waals surface area contributed by atoms with Crippen LogP contribution in [0.2, 0.25) is 0 Å².